The molecular formula is C16H30N4. The van der Waals surface area contributed by atoms with Crippen LogP contribution in [0.1, 0.15) is 52.4 Å². The Labute approximate surface area is 124 Å². The van der Waals surface area contributed by atoms with Gasteiger partial charge in [-0.3, -0.25) is 0 Å². The Kier molecular flexibility index (Phi) is 6.24. The molecule has 20 heavy (non-hydrogen) atoms. The van der Waals surface area contributed by atoms with E-state index >= 15 is 0 Å². The molecule has 0 aliphatic heterocycles. The first-order chi connectivity index (χ1) is 9.42. The number of aryl methyl sites for hydroxylation is 1. The third-order valence-corrected chi connectivity index (χ3v) is 3.93. The van der Waals surface area contributed by atoms with Crippen molar-refractivity contribution in [2.24, 2.45) is 5.92 Å². The highest BCUT2D eigenvalue weighted by Crippen LogP contribution is 2.26. The number of aromatic nitrogens is 2. The van der Waals surface area contributed by atoms with E-state index in [1.54, 1.807) is 0 Å². The Balaban J connectivity index is 3.16. The summed E-state index contributed by atoms with van der Waals surface area (Å²) in [6, 6.07) is 0.451. The first-order valence-electron chi connectivity index (χ1n) is 7.76. The van der Waals surface area contributed by atoms with Crippen LogP contribution in [0.25, 0.3) is 0 Å². The number of rotatable bonds is 7. The summed E-state index contributed by atoms with van der Waals surface area (Å²) < 4.78 is 0. The van der Waals surface area contributed by atoms with E-state index < -0.39 is 0 Å². The Morgan fingerprint density at radius 1 is 1.15 bits per heavy atom. The lowest BCUT2D eigenvalue weighted by Gasteiger charge is -2.31. The molecule has 0 aliphatic carbocycles. The van der Waals surface area contributed by atoms with Gasteiger partial charge in [-0.15, -0.1) is 0 Å². The van der Waals surface area contributed by atoms with Crippen LogP contribution in [0, 0.1) is 12.8 Å². The summed E-state index contributed by atoms with van der Waals surface area (Å²) in [7, 11) is 2.13. The van der Waals surface area contributed by atoms with E-state index in [9.17, 15) is 0 Å². The van der Waals surface area contributed by atoms with E-state index in [0.29, 0.717) is 12.0 Å². The first kappa shape index (κ1) is 16.7. The van der Waals surface area contributed by atoms with Gasteiger partial charge in [0, 0.05) is 31.6 Å². The molecule has 0 bridgehead atoms. The molecule has 0 amide bonds. The fraction of sp³-hybridized carbons (Fsp3) is 0.750. The smallest absolute Gasteiger partial charge is 0.137 e. The van der Waals surface area contributed by atoms with Gasteiger partial charge in [-0.05, 0) is 26.2 Å². The number of nitrogens with zero attached hydrogens (tertiary/aromatic N) is 3. The van der Waals surface area contributed by atoms with Gasteiger partial charge in [0.05, 0.1) is 0 Å². The van der Waals surface area contributed by atoms with Crippen molar-refractivity contribution >= 4 is 11.6 Å². The normalized spacial score (nSPS) is 12.6. The van der Waals surface area contributed by atoms with Crippen molar-refractivity contribution in [1.82, 2.24) is 9.97 Å². The second-order valence-corrected chi connectivity index (χ2v) is 5.81. The Bertz CT molecular complexity index is 429. The van der Waals surface area contributed by atoms with Gasteiger partial charge >= 0.3 is 0 Å². The molecule has 0 aromatic carbocycles. The van der Waals surface area contributed by atoms with E-state index in [4.69, 9.17) is 4.98 Å². The summed E-state index contributed by atoms with van der Waals surface area (Å²) in [5, 5.41) is 3.42. The van der Waals surface area contributed by atoms with Crippen LogP contribution in [-0.2, 0) is 6.42 Å². The lowest BCUT2D eigenvalue weighted by atomic mass is 10.0. The first-order valence-corrected chi connectivity index (χ1v) is 7.76. The van der Waals surface area contributed by atoms with E-state index in [0.717, 1.165) is 42.4 Å². The van der Waals surface area contributed by atoms with Crippen LogP contribution in [0.4, 0.5) is 11.6 Å². The Hall–Kier alpha value is -1.32. The van der Waals surface area contributed by atoms with Gasteiger partial charge in [0.1, 0.15) is 17.5 Å². The zero-order valence-corrected chi connectivity index (χ0v) is 14.1. The molecule has 0 aliphatic rings. The van der Waals surface area contributed by atoms with E-state index in [1.807, 2.05) is 0 Å². The monoisotopic (exact) mass is 278 g/mol. The van der Waals surface area contributed by atoms with Crippen molar-refractivity contribution in [3.63, 3.8) is 0 Å². The molecule has 1 heterocycles. The maximum atomic E-state index is 4.74. The van der Waals surface area contributed by atoms with Crippen molar-refractivity contribution < 1.29 is 0 Å². The minimum Gasteiger partial charge on any atom is -0.370 e. The van der Waals surface area contributed by atoms with Crippen molar-refractivity contribution in [3.05, 3.63) is 11.4 Å². The van der Waals surface area contributed by atoms with Gasteiger partial charge in [-0.1, -0.05) is 27.7 Å². The topological polar surface area (TPSA) is 41.1 Å². The van der Waals surface area contributed by atoms with Gasteiger partial charge in [-0.25, -0.2) is 9.97 Å². The van der Waals surface area contributed by atoms with Crippen molar-refractivity contribution in [2.45, 2.75) is 60.4 Å². The lowest BCUT2D eigenvalue weighted by molar-refractivity contribution is 0.501. The number of hydrogen-bond acceptors (Lipinski definition) is 4. The molecule has 1 atom stereocenters. The molecule has 1 N–H and O–H groups in total. The maximum Gasteiger partial charge on any atom is 0.137 e. The molecule has 1 aromatic heterocycles. The SMILES string of the molecule is CCCNc1nc(CC)nc(N(C)C(C)C(C)C)c1C. The van der Waals surface area contributed by atoms with Crippen LogP contribution in [0.2, 0.25) is 0 Å². The summed E-state index contributed by atoms with van der Waals surface area (Å²) in [6.45, 7) is 14.1. The summed E-state index contributed by atoms with van der Waals surface area (Å²) in [4.78, 5) is 11.6. The third kappa shape index (κ3) is 3.84. The Morgan fingerprint density at radius 2 is 1.80 bits per heavy atom. The molecule has 1 rings (SSSR count). The predicted octanol–water partition coefficient (Wildman–Crippen LogP) is 3.65. The minimum atomic E-state index is 0.451. The average molecular weight is 278 g/mol. The lowest BCUT2D eigenvalue weighted by Crippen LogP contribution is -2.34. The molecule has 1 unspecified atom stereocenters. The van der Waals surface area contributed by atoms with Crippen LogP contribution >= 0.6 is 0 Å². The second-order valence-electron chi connectivity index (χ2n) is 5.81. The molecule has 1 aromatic rings. The summed E-state index contributed by atoms with van der Waals surface area (Å²) in [5.41, 5.74) is 1.14. The standard InChI is InChI=1S/C16H30N4/c1-8-10-17-15-12(5)16(19-14(9-2)18-15)20(7)13(6)11(3)4/h11,13H,8-10H2,1-7H3,(H,17,18,19). The average Bonchev–Trinajstić information content (AvgIpc) is 2.44. The number of hydrogen-bond donors (Lipinski definition) is 1. The van der Waals surface area contributed by atoms with Gasteiger partial charge < -0.3 is 10.2 Å². The number of anilines is 2. The second kappa shape index (κ2) is 7.46. The summed E-state index contributed by atoms with van der Waals surface area (Å²) in [5.74, 6) is 3.53. The van der Waals surface area contributed by atoms with Gasteiger partial charge in [-0.2, -0.15) is 0 Å². The predicted molar refractivity (Wildman–Crippen MR) is 87.6 cm³/mol. The molecule has 0 spiro atoms. The zero-order chi connectivity index (χ0) is 15.3. The van der Waals surface area contributed by atoms with Crippen LogP contribution in [0.15, 0.2) is 0 Å². The van der Waals surface area contributed by atoms with Crippen LogP contribution in [-0.4, -0.2) is 29.6 Å². The van der Waals surface area contributed by atoms with E-state index in [-0.39, 0.29) is 0 Å². The fourth-order valence-electron chi connectivity index (χ4n) is 2.11. The fourth-order valence-corrected chi connectivity index (χ4v) is 2.11. The summed E-state index contributed by atoms with van der Waals surface area (Å²) >= 11 is 0. The van der Waals surface area contributed by atoms with E-state index in [1.165, 1.54) is 0 Å². The molecule has 114 valence electrons. The van der Waals surface area contributed by atoms with E-state index in [2.05, 4.69) is 63.8 Å². The minimum absolute atomic E-state index is 0.451. The molecule has 4 nitrogen and oxygen atoms in total. The van der Waals surface area contributed by atoms with Gasteiger partial charge in [0.25, 0.3) is 0 Å². The molecule has 0 saturated carbocycles. The molecule has 4 heteroatoms. The quantitative estimate of drug-likeness (QED) is 0.826. The highest BCUT2D eigenvalue weighted by Gasteiger charge is 2.19. The van der Waals surface area contributed by atoms with Gasteiger partial charge in [0.15, 0.2) is 0 Å². The molecule has 0 radical (unpaired) electrons. The van der Waals surface area contributed by atoms with Crippen LogP contribution in [0.3, 0.4) is 0 Å². The largest absolute Gasteiger partial charge is 0.370 e. The zero-order valence-electron chi connectivity index (χ0n) is 14.1. The Morgan fingerprint density at radius 3 is 2.30 bits per heavy atom. The van der Waals surface area contributed by atoms with Crippen LogP contribution in [0.5, 0.6) is 0 Å². The number of nitrogens with one attached hydrogen (secondary N) is 1. The third-order valence-electron chi connectivity index (χ3n) is 3.93. The molecule has 0 fully saturated rings. The van der Waals surface area contributed by atoms with Gasteiger partial charge in [0.2, 0.25) is 0 Å². The highest BCUT2D eigenvalue weighted by atomic mass is 15.2. The highest BCUT2D eigenvalue weighted by molar-refractivity contribution is 5.58. The molecular weight excluding hydrogens is 248 g/mol. The molecule has 0 saturated heterocycles. The van der Waals surface area contributed by atoms with Crippen molar-refractivity contribution in [2.75, 3.05) is 23.8 Å². The van der Waals surface area contributed by atoms with Crippen molar-refractivity contribution in [1.29, 1.82) is 0 Å². The summed E-state index contributed by atoms with van der Waals surface area (Å²) in [6.07, 6.45) is 1.95. The van der Waals surface area contributed by atoms with Crippen LogP contribution < -0.4 is 10.2 Å². The van der Waals surface area contributed by atoms with Crippen molar-refractivity contribution in [3.8, 4) is 0 Å². The maximum absolute atomic E-state index is 4.74.